The molecule has 3 rings (SSSR count). The van der Waals surface area contributed by atoms with Crippen molar-refractivity contribution in [2.24, 2.45) is 5.41 Å². The minimum atomic E-state index is -0.445. The van der Waals surface area contributed by atoms with Crippen LogP contribution in [0.4, 0.5) is 5.69 Å². The van der Waals surface area contributed by atoms with Crippen LogP contribution in [-0.2, 0) is 16.0 Å². The fourth-order valence-corrected chi connectivity index (χ4v) is 3.02. The van der Waals surface area contributed by atoms with E-state index in [2.05, 4.69) is 40.8 Å². The van der Waals surface area contributed by atoms with Gasteiger partial charge in [-0.1, -0.05) is 12.1 Å². The molecule has 2 N–H and O–H groups in total. The summed E-state index contributed by atoms with van der Waals surface area (Å²) in [6.07, 6.45) is 5.09. The molecule has 0 radical (unpaired) electrons. The Labute approximate surface area is 139 Å². The predicted octanol–water partition coefficient (Wildman–Crippen LogP) is 4.18. The lowest BCUT2D eigenvalue weighted by molar-refractivity contribution is -0.155. The van der Waals surface area contributed by atoms with Crippen molar-refractivity contribution in [1.82, 2.24) is 0 Å². The van der Waals surface area contributed by atoms with E-state index in [1.54, 1.807) is 0 Å². The number of anilines is 1. The van der Waals surface area contributed by atoms with Crippen LogP contribution in [-0.4, -0.2) is 9.58 Å². The van der Waals surface area contributed by atoms with E-state index in [9.17, 15) is 4.79 Å². The van der Waals surface area contributed by atoms with Gasteiger partial charge >= 0.3 is 5.97 Å². The van der Waals surface area contributed by atoms with Crippen molar-refractivity contribution in [1.29, 1.82) is 0 Å². The van der Waals surface area contributed by atoms with Crippen molar-refractivity contribution < 1.29 is 9.53 Å². The van der Waals surface area contributed by atoms with Crippen molar-refractivity contribution in [3.63, 3.8) is 0 Å². The number of carbonyl (C=O) groups excluding carboxylic acids is 1. The summed E-state index contributed by atoms with van der Waals surface area (Å²) < 4.78 is 5.11. The van der Waals surface area contributed by atoms with Crippen molar-refractivity contribution in [2.75, 3.05) is 5.73 Å². The van der Waals surface area contributed by atoms with Crippen LogP contribution < -0.4 is 5.73 Å². The molecule has 0 spiro atoms. The van der Waals surface area contributed by atoms with Crippen LogP contribution in [0.1, 0.15) is 56.6 Å². The molecule has 1 aromatic carbocycles. The van der Waals surface area contributed by atoms with E-state index in [0.29, 0.717) is 5.92 Å². The largest absolute Gasteiger partial charge is 0.449 e. The van der Waals surface area contributed by atoms with Gasteiger partial charge in [-0.05, 0) is 91.7 Å². The van der Waals surface area contributed by atoms with Crippen LogP contribution in [0.3, 0.4) is 0 Å². The van der Waals surface area contributed by atoms with Gasteiger partial charge in [-0.2, -0.15) is 0 Å². The van der Waals surface area contributed by atoms with Crippen molar-refractivity contribution >= 4 is 34.2 Å². The normalized spacial score (nSPS) is 20.1. The molecule has 0 heterocycles. The predicted molar refractivity (Wildman–Crippen MR) is 92.4 cm³/mol. The molecule has 0 saturated heterocycles. The molecule has 2 aliphatic carbocycles. The number of rotatable bonds is 5. The molecule has 0 atom stereocenters. The lowest BCUT2D eigenvalue weighted by Gasteiger charge is -2.22. The standard InChI is InChI=1S/C17H22INO2/c1-16(2,18)21-15(20)17(7-8-17)10-11-3-6-13(12-4-5-12)14(19)9-11/h3,6,9,12H,4-5,7-8,10,19H2,1-2H3. The summed E-state index contributed by atoms with van der Waals surface area (Å²) in [5, 5.41) is 0. The maximum absolute atomic E-state index is 12.4. The first-order chi connectivity index (χ1) is 9.79. The number of hydrogen-bond donors (Lipinski definition) is 1. The Morgan fingerprint density at radius 3 is 2.57 bits per heavy atom. The zero-order chi connectivity index (χ0) is 15.3. The Kier molecular flexibility index (Phi) is 3.71. The van der Waals surface area contributed by atoms with Gasteiger partial charge < -0.3 is 10.5 Å². The molecule has 4 heteroatoms. The van der Waals surface area contributed by atoms with Crippen molar-refractivity contribution in [2.45, 2.75) is 55.5 Å². The third-order valence-corrected chi connectivity index (χ3v) is 4.55. The Morgan fingerprint density at radius 1 is 1.43 bits per heavy atom. The highest BCUT2D eigenvalue weighted by Crippen LogP contribution is 2.51. The van der Waals surface area contributed by atoms with Crippen molar-refractivity contribution in [3.8, 4) is 0 Å². The van der Waals surface area contributed by atoms with Gasteiger partial charge in [-0.25, -0.2) is 0 Å². The first kappa shape index (κ1) is 15.1. The fourth-order valence-electron chi connectivity index (χ4n) is 2.82. The van der Waals surface area contributed by atoms with Gasteiger partial charge in [-0.3, -0.25) is 4.79 Å². The summed E-state index contributed by atoms with van der Waals surface area (Å²) in [6, 6.07) is 6.33. The maximum atomic E-state index is 12.4. The summed E-state index contributed by atoms with van der Waals surface area (Å²) in [6.45, 7) is 3.81. The van der Waals surface area contributed by atoms with Gasteiger partial charge in [0.2, 0.25) is 0 Å². The summed E-state index contributed by atoms with van der Waals surface area (Å²) in [7, 11) is 0. The highest BCUT2D eigenvalue weighted by molar-refractivity contribution is 14.1. The van der Waals surface area contributed by atoms with Gasteiger partial charge in [0.15, 0.2) is 3.61 Å². The molecule has 2 fully saturated rings. The molecule has 2 aliphatic rings. The maximum Gasteiger partial charge on any atom is 0.313 e. The van der Waals surface area contributed by atoms with Crippen LogP contribution in [0.5, 0.6) is 0 Å². The van der Waals surface area contributed by atoms with Crippen LogP contribution in [0, 0.1) is 5.41 Å². The van der Waals surface area contributed by atoms with Crippen LogP contribution in [0.25, 0.3) is 0 Å². The van der Waals surface area contributed by atoms with Gasteiger partial charge in [0, 0.05) is 5.69 Å². The second-order valence-corrected chi connectivity index (χ2v) is 9.55. The Balaban J connectivity index is 1.71. The zero-order valence-electron chi connectivity index (χ0n) is 12.6. The molecule has 0 aromatic heterocycles. The van der Waals surface area contributed by atoms with E-state index in [1.165, 1.54) is 18.4 Å². The summed E-state index contributed by atoms with van der Waals surface area (Å²) >= 11 is 2.15. The number of ether oxygens (including phenoxy) is 1. The molecule has 0 amide bonds. The van der Waals surface area contributed by atoms with E-state index in [1.807, 2.05) is 13.8 Å². The average molecular weight is 399 g/mol. The molecular formula is C17H22INO2. The summed E-state index contributed by atoms with van der Waals surface area (Å²) in [4.78, 5) is 12.4. The number of alkyl halides is 1. The molecule has 0 aliphatic heterocycles. The number of nitrogen functional groups attached to an aromatic ring is 1. The van der Waals surface area contributed by atoms with Gasteiger partial charge in [-0.15, -0.1) is 0 Å². The third-order valence-electron chi connectivity index (χ3n) is 4.33. The molecule has 0 bridgehead atoms. The van der Waals surface area contributed by atoms with Crippen LogP contribution in [0.15, 0.2) is 18.2 Å². The number of nitrogens with two attached hydrogens (primary N) is 1. The lowest BCUT2D eigenvalue weighted by atomic mass is 9.94. The van der Waals surface area contributed by atoms with Gasteiger partial charge in [0.25, 0.3) is 0 Å². The van der Waals surface area contributed by atoms with E-state index in [4.69, 9.17) is 10.5 Å². The number of esters is 1. The minimum Gasteiger partial charge on any atom is -0.449 e. The highest BCUT2D eigenvalue weighted by atomic mass is 127. The fraction of sp³-hybridized carbons (Fsp3) is 0.588. The number of carbonyl (C=O) groups is 1. The second-order valence-electron chi connectivity index (χ2n) is 6.95. The van der Waals surface area contributed by atoms with Gasteiger partial charge in [0.1, 0.15) is 0 Å². The molecular weight excluding hydrogens is 377 g/mol. The van der Waals surface area contributed by atoms with E-state index in [-0.39, 0.29) is 11.4 Å². The lowest BCUT2D eigenvalue weighted by Crippen LogP contribution is -2.28. The zero-order valence-corrected chi connectivity index (χ0v) is 14.8. The first-order valence-corrected chi connectivity index (χ1v) is 8.68. The van der Waals surface area contributed by atoms with E-state index in [0.717, 1.165) is 30.5 Å². The van der Waals surface area contributed by atoms with Gasteiger partial charge in [0.05, 0.1) is 5.41 Å². The van der Waals surface area contributed by atoms with Crippen molar-refractivity contribution in [3.05, 3.63) is 29.3 Å². The second kappa shape index (κ2) is 5.14. The SMILES string of the molecule is CC(C)(I)OC(=O)C1(Cc2ccc(C3CC3)c(N)c2)CC1. The molecule has 1 aromatic rings. The van der Waals surface area contributed by atoms with Crippen LogP contribution in [0.2, 0.25) is 0 Å². The number of benzene rings is 1. The quantitative estimate of drug-likeness (QED) is 0.350. The smallest absolute Gasteiger partial charge is 0.313 e. The minimum absolute atomic E-state index is 0.0632. The molecule has 3 nitrogen and oxygen atoms in total. The Hall–Kier alpha value is -0.780. The molecule has 2 saturated carbocycles. The summed E-state index contributed by atoms with van der Waals surface area (Å²) in [5.74, 6) is 0.602. The molecule has 0 unspecified atom stereocenters. The highest BCUT2D eigenvalue weighted by Gasteiger charge is 2.52. The number of hydrogen-bond acceptors (Lipinski definition) is 3. The third kappa shape index (κ3) is 3.52. The first-order valence-electron chi connectivity index (χ1n) is 7.60. The van der Waals surface area contributed by atoms with E-state index < -0.39 is 3.61 Å². The topological polar surface area (TPSA) is 52.3 Å². The number of halogens is 1. The molecule has 21 heavy (non-hydrogen) atoms. The molecule has 114 valence electrons. The average Bonchev–Trinajstić information content (AvgIpc) is 3.21. The Morgan fingerprint density at radius 2 is 2.10 bits per heavy atom. The van der Waals surface area contributed by atoms with E-state index >= 15 is 0 Å². The monoisotopic (exact) mass is 399 g/mol. The Bertz CT molecular complexity index is 569. The summed E-state index contributed by atoms with van der Waals surface area (Å²) in [5.41, 5.74) is 9.16. The van der Waals surface area contributed by atoms with Crippen LogP contribution >= 0.6 is 22.6 Å².